The second-order valence-electron chi connectivity index (χ2n) is 4.36. The van der Waals surface area contributed by atoms with Gasteiger partial charge in [-0.2, -0.15) is 9.57 Å². The van der Waals surface area contributed by atoms with Crippen molar-refractivity contribution in [3.05, 3.63) is 16.0 Å². The fourth-order valence-corrected chi connectivity index (χ4v) is 5.20. The first-order chi connectivity index (χ1) is 8.95. The number of aryl methyl sites for hydroxylation is 1. The van der Waals surface area contributed by atoms with E-state index in [4.69, 9.17) is 16.9 Å². The van der Waals surface area contributed by atoms with Crippen LogP contribution in [0, 0.1) is 18.3 Å². The van der Waals surface area contributed by atoms with Crippen LogP contribution in [-0.4, -0.2) is 50.3 Å². The van der Waals surface area contributed by atoms with Crippen molar-refractivity contribution in [3.8, 4) is 6.07 Å². The zero-order valence-corrected chi connectivity index (χ0v) is 12.9. The lowest BCUT2D eigenvalue weighted by atomic mass is 10.4. The van der Waals surface area contributed by atoms with Gasteiger partial charge in [0, 0.05) is 26.2 Å². The van der Waals surface area contributed by atoms with E-state index in [0.29, 0.717) is 41.3 Å². The molecule has 1 aliphatic heterocycles. The molecule has 2 rings (SSSR count). The van der Waals surface area contributed by atoms with Crippen molar-refractivity contribution >= 4 is 33.0 Å². The Morgan fingerprint density at radius 3 is 2.53 bits per heavy atom. The highest BCUT2D eigenvalue weighted by molar-refractivity contribution is 7.91. The molecule has 1 saturated heterocycles. The van der Waals surface area contributed by atoms with Crippen molar-refractivity contribution in [1.29, 1.82) is 5.26 Å². The molecule has 0 N–H and O–H groups in total. The minimum atomic E-state index is -3.44. The van der Waals surface area contributed by atoms with E-state index >= 15 is 0 Å². The summed E-state index contributed by atoms with van der Waals surface area (Å²) in [5, 5.41) is 8.62. The van der Waals surface area contributed by atoms with Crippen molar-refractivity contribution < 1.29 is 8.42 Å². The summed E-state index contributed by atoms with van der Waals surface area (Å²) in [5.41, 5.74) is 0.786. The molecule has 104 valence electrons. The van der Waals surface area contributed by atoms with E-state index in [-0.39, 0.29) is 0 Å². The Balaban J connectivity index is 2.12. The first-order valence-electron chi connectivity index (χ1n) is 5.80. The molecule has 19 heavy (non-hydrogen) atoms. The van der Waals surface area contributed by atoms with Crippen LogP contribution in [0.1, 0.15) is 5.56 Å². The first kappa shape index (κ1) is 14.8. The fourth-order valence-electron chi connectivity index (χ4n) is 1.91. The molecule has 0 bridgehead atoms. The lowest BCUT2D eigenvalue weighted by Gasteiger charge is -2.32. The van der Waals surface area contributed by atoms with Crippen LogP contribution in [0.15, 0.2) is 10.3 Å². The van der Waals surface area contributed by atoms with E-state index in [0.717, 1.165) is 16.9 Å². The van der Waals surface area contributed by atoms with E-state index < -0.39 is 10.0 Å². The van der Waals surface area contributed by atoms with E-state index in [1.807, 2.05) is 4.90 Å². The summed E-state index contributed by atoms with van der Waals surface area (Å²) < 4.78 is 27.1. The molecule has 0 amide bonds. The maximum absolute atomic E-state index is 12.4. The van der Waals surface area contributed by atoms with Gasteiger partial charge in [-0.25, -0.2) is 8.42 Å². The maximum atomic E-state index is 12.4. The normalized spacial score (nSPS) is 18.4. The highest BCUT2D eigenvalue weighted by atomic mass is 35.5. The minimum Gasteiger partial charge on any atom is -0.288 e. The van der Waals surface area contributed by atoms with Gasteiger partial charge in [-0.3, -0.25) is 4.90 Å². The summed E-state index contributed by atoms with van der Waals surface area (Å²) >= 11 is 7.03. The predicted molar refractivity (Wildman–Crippen MR) is 74.9 cm³/mol. The molecule has 1 fully saturated rings. The minimum absolute atomic E-state index is 0.295. The SMILES string of the molecule is Cc1cc(S(=O)(=O)N2CCN(CC#N)CC2)sc1Cl. The van der Waals surface area contributed by atoms with Crippen LogP contribution in [0.2, 0.25) is 4.34 Å². The van der Waals surface area contributed by atoms with Crippen molar-refractivity contribution in [2.75, 3.05) is 32.7 Å². The van der Waals surface area contributed by atoms with Crippen LogP contribution >= 0.6 is 22.9 Å². The third-order valence-electron chi connectivity index (χ3n) is 3.05. The summed E-state index contributed by atoms with van der Waals surface area (Å²) in [6, 6.07) is 3.69. The zero-order valence-electron chi connectivity index (χ0n) is 10.5. The molecule has 0 atom stereocenters. The number of hydrogen-bond donors (Lipinski definition) is 0. The van der Waals surface area contributed by atoms with Gasteiger partial charge in [-0.15, -0.1) is 11.3 Å². The molecule has 0 unspecified atom stereocenters. The molecule has 0 saturated carbocycles. The Hall–Kier alpha value is -0.650. The second kappa shape index (κ2) is 5.77. The number of nitrogens with zero attached hydrogens (tertiary/aromatic N) is 3. The van der Waals surface area contributed by atoms with Crippen molar-refractivity contribution in [3.63, 3.8) is 0 Å². The van der Waals surface area contributed by atoms with Gasteiger partial charge >= 0.3 is 0 Å². The number of piperazine rings is 1. The lowest BCUT2D eigenvalue weighted by molar-refractivity contribution is 0.206. The molecular formula is C11H14ClN3O2S2. The average Bonchev–Trinajstić information content (AvgIpc) is 2.71. The van der Waals surface area contributed by atoms with E-state index in [2.05, 4.69) is 6.07 Å². The summed E-state index contributed by atoms with van der Waals surface area (Å²) in [4.78, 5) is 1.94. The van der Waals surface area contributed by atoms with Crippen LogP contribution in [0.5, 0.6) is 0 Å². The quantitative estimate of drug-likeness (QED) is 0.793. The molecule has 5 nitrogen and oxygen atoms in total. The highest BCUT2D eigenvalue weighted by Gasteiger charge is 2.30. The summed E-state index contributed by atoms with van der Waals surface area (Å²) in [6.45, 7) is 4.15. The van der Waals surface area contributed by atoms with Gasteiger partial charge in [-0.1, -0.05) is 11.6 Å². The van der Waals surface area contributed by atoms with E-state index in [1.165, 1.54) is 4.31 Å². The fraction of sp³-hybridized carbons (Fsp3) is 0.545. The zero-order chi connectivity index (χ0) is 14.0. The Labute approximate surface area is 122 Å². The third kappa shape index (κ3) is 3.09. The van der Waals surface area contributed by atoms with Gasteiger partial charge in [0.15, 0.2) is 0 Å². The van der Waals surface area contributed by atoms with Crippen LogP contribution in [0.4, 0.5) is 0 Å². The van der Waals surface area contributed by atoms with Gasteiger partial charge in [0.1, 0.15) is 4.21 Å². The number of sulfonamides is 1. The molecule has 2 heterocycles. The molecule has 8 heteroatoms. The van der Waals surface area contributed by atoms with Gasteiger partial charge in [0.05, 0.1) is 17.0 Å². The van der Waals surface area contributed by atoms with Crippen LogP contribution < -0.4 is 0 Å². The number of halogens is 1. The van der Waals surface area contributed by atoms with Gasteiger partial charge < -0.3 is 0 Å². The summed E-state index contributed by atoms with van der Waals surface area (Å²) in [7, 11) is -3.44. The number of hydrogen-bond acceptors (Lipinski definition) is 5. The Bertz CT molecular complexity index is 578. The number of nitriles is 1. The Kier molecular flexibility index (Phi) is 4.48. The number of rotatable bonds is 3. The van der Waals surface area contributed by atoms with E-state index in [9.17, 15) is 8.42 Å². The van der Waals surface area contributed by atoms with Crippen molar-refractivity contribution in [2.24, 2.45) is 0 Å². The largest absolute Gasteiger partial charge is 0.288 e. The van der Waals surface area contributed by atoms with Gasteiger partial charge in [0.2, 0.25) is 0 Å². The first-order valence-corrected chi connectivity index (χ1v) is 8.44. The monoisotopic (exact) mass is 319 g/mol. The van der Waals surface area contributed by atoms with Crippen molar-refractivity contribution in [1.82, 2.24) is 9.21 Å². The third-order valence-corrected chi connectivity index (χ3v) is 6.96. The number of thiophene rings is 1. The molecule has 0 radical (unpaired) electrons. The van der Waals surface area contributed by atoms with Crippen LogP contribution in [-0.2, 0) is 10.0 Å². The molecule has 0 spiro atoms. The Morgan fingerprint density at radius 1 is 1.42 bits per heavy atom. The van der Waals surface area contributed by atoms with Crippen LogP contribution in [0.25, 0.3) is 0 Å². The highest BCUT2D eigenvalue weighted by Crippen LogP contribution is 2.32. The summed E-state index contributed by atoms with van der Waals surface area (Å²) in [6.07, 6.45) is 0. The van der Waals surface area contributed by atoms with Gasteiger partial charge in [0.25, 0.3) is 10.0 Å². The topological polar surface area (TPSA) is 64.4 Å². The molecule has 0 aromatic carbocycles. The average molecular weight is 320 g/mol. The predicted octanol–water partition coefficient (Wildman–Crippen LogP) is 1.54. The van der Waals surface area contributed by atoms with Crippen molar-refractivity contribution in [2.45, 2.75) is 11.1 Å². The molecule has 0 aliphatic carbocycles. The second-order valence-corrected chi connectivity index (χ2v) is 8.18. The van der Waals surface area contributed by atoms with Crippen LogP contribution in [0.3, 0.4) is 0 Å². The smallest absolute Gasteiger partial charge is 0.252 e. The van der Waals surface area contributed by atoms with Gasteiger partial charge in [-0.05, 0) is 18.6 Å². The lowest BCUT2D eigenvalue weighted by Crippen LogP contribution is -2.48. The molecule has 1 aromatic rings. The molecular weight excluding hydrogens is 306 g/mol. The maximum Gasteiger partial charge on any atom is 0.252 e. The van der Waals surface area contributed by atoms with E-state index in [1.54, 1.807) is 13.0 Å². The molecule has 1 aliphatic rings. The Morgan fingerprint density at radius 2 is 2.05 bits per heavy atom. The summed E-state index contributed by atoms with van der Waals surface area (Å²) in [5.74, 6) is 0. The molecule has 1 aromatic heterocycles. The standard InChI is InChI=1S/C11H14ClN3O2S2/c1-9-8-10(18-11(9)12)19(16,17)15-6-4-14(3-2-13)5-7-15/h8H,3-7H2,1H3.